The van der Waals surface area contributed by atoms with E-state index >= 15 is 0 Å². The molecule has 0 fully saturated rings. The Hall–Kier alpha value is -1.81. The Morgan fingerprint density at radius 1 is 1.10 bits per heavy atom. The number of anilines is 1. The molecule has 0 atom stereocenters. The normalized spacial score (nSPS) is 11.2. The van der Waals surface area contributed by atoms with Crippen molar-refractivity contribution < 1.29 is 0 Å². The summed E-state index contributed by atoms with van der Waals surface area (Å²) < 4.78 is 1.82. The first kappa shape index (κ1) is 15.6. The molecular weight excluding hydrogens is 260 g/mol. The smallest absolute Gasteiger partial charge is 0.131 e. The fourth-order valence-corrected chi connectivity index (χ4v) is 2.55. The fraction of sp³-hybridized carbons (Fsp3) is 0.471. The second kappa shape index (κ2) is 7.27. The zero-order valence-electron chi connectivity index (χ0n) is 13.3. The number of aromatic nitrogens is 2. The Kier molecular flexibility index (Phi) is 5.39. The number of nitrogen functional groups attached to an aromatic ring is 1. The Bertz CT molecular complexity index is 551. The summed E-state index contributed by atoms with van der Waals surface area (Å²) in [6.45, 7) is 9.57. The van der Waals surface area contributed by atoms with E-state index in [-0.39, 0.29) is 0 Å². The largest absolute Gasteiger partial charge is 0.383 e. The van der Waals surface area contributed by atoms with Crippen LogP contribution in [0.4, 0.5) is 5.82 Å². The predicted molar refractivity (Wildman–Crippen MR) is 88.6 cm³/mol. The number of nitrogens with zero attached hydrogens (tertiary/aromatic N) is 3. The molecule has 0 bridgehead atoms. The maximum atomic E-state index is 6.29. The van der Waals surface area contributed by atoms with Crippen LogP contribution in [0.1, 0.15) is 37.8 Å². The zero-order chi connectivity index (χ0) is 15.2. The summed E-state index contributed by atoms with van der Waals surface area (Å²) >= 11 is 0. The maximum absolute atomic E-state index is 6.29. The number of hydrogen-bond acceptors (Lipinski definition) is 3. The van der Waals surface area contributed by atoms with Gasteiger partial charge in [0.1, 0.15) is 5.82 Å². The predicted octanol–water partition coefficient (Wildman–Crippen LogP) is 3.38. The average molecular weight is 286 g/mol. The van der Waals surface area contributed by atoms with Crippen molar-refractivity contribution >= 4 is 5.82 Å². The van der Waals surface area contributed by atoms with E-state index < -0.39 is 0 Å². The van der Waals surface area contributed by atoms with Crippen LogP contribution in [-0.4, -0.2) is 27.8 Å². The van der Waals surface area contributed by atoms with E-state index in [4.69, 9.17) is 5.73 Å². The highest BCUT2D eigenvalue weighted by Crippen LogP contribution is 2.19. The molecule has 0 aliphatic heterocycles. The summed E-state index contributed by atoms with van der Waals surface area (Å²) in [6.07, 6.45) is 4.21. The molecule has 21 heavy (non-hydrogen) atoms. The molecule has 1 aromatic carbocycles. The molecule has 1 aromatic heterocycles. The van der Waals surface area contributed by atoms with E-state index in [1.807, 2.05) is 10.9 Å². The van der Waals surface area contributed by atoms with E-state index in [2.05, 4.69) is 55.0 Å². The summed E-state index contributed by atoms with van der Waals surface area (Å²) in [4.78, 5) is 2.44. The van der Waals surface area contributed by atoms with Crippen molar-refractivity contribution in [3.8, 4) is 5.69 Å². The quantitative estimate of drug-likeness (QED) is 0.848. The van der Waals surface area contributed by atoms with Crippen LogP contribution in [0.5, 0.6) is 0 Å². The molecule has 4 heteroatoms. The van der Waals surface area contributed by atoms with Crippen LogP contribution in [-0.2, 0) is 6.54 Å². The number of hydrogen-bond donors (Lipinski definition) is 1. The van der Waals surface area contributed by atoms with Gasteiger partial charge in [0, 0.05) is 12.1 Å². The lowest BCUT2D eigenvalue weighted by Gasteiger charge is -2.20. The summed E-state index contributed by atoms with van der Waals surface area (Å²) in [6, 6.07) is 8.27. The molecular formula is C17H26N4. The lowest BCUT2D eigenvalue weighted by atomic mass is 10.2. The summed E-state index contributed by atoms with van der Waals surface area (Å²) in [5, 5.41) is 4.45. The van der Waals surface area contributed by atoms with Gasteiger partial charge in [-0.15, -0.1) is 0 Å². The second-order valence-corrected chi connectivity index (χ2v) is 5.58. The summed E-state index contributed by atoms with van der Waals surface area (Å²) in [5.41, 5.74) is 9.65. The molecule has 0 aliphatic rings. The fourth-order valence-electron chi connectivity index (χ4n) is 2.55. The molecule has 0 amide bonds. The first-order valence-corrected chi connectivity index (χ1v) is 7.77. The molecule has 2 aromatic rings. The van der Waals surface area contributed by atoms with Crippen molar-refractivity contribution in [3.05, 3.63) is 41.6 Å². The highest BCUT2D eigenvalue weighted by molar-refractivity contribution is 5.47. The lowest BCUT2D eigenvalue weighted by molar-refractivity contribution is 0.267. The number of aryl methyl sites for hydroxylation is 1. The Morgan fingerprint density at radius 3 is 2.29 bits per heavy atom. The van der Waals surface area contributed by atoms with E-state index in [0.29, 0.717) is 0 Å². The Balaban J connectivity index is 2.17. The molecule has 2 rings (SSSR count). The molecule has 0 aliphatic carbocycles. The Labute approximate surface area is 127 Å². The minimum Gasteiger partial charge on any atom is -0.383 e. The van der Waals surface area contributed by atoms with Crippen LogP contribution in [0, 0.1) is 6.92 Å². The number of rotatable bonds is 7. The van der Waals surface area contributed by atoms with Crippen molar-refractivity contribution in [2.75, 3.05) is 18.8 Å². The minimum absolute atomic E-state index is 0.746. The van der Waals surface area contributed by atoms with Gasteiger partial charge >= 0.3 is 0 Å². The topological polar surface area (TPSA) is 47.1 Å². The molecule has 2 N–H and O–H groups in total. The first-order chi connectivity index (χ1) is 10.2. The van der Waals surface area contributed by atoms with Crippen molar-refractivity contribution in [1.82, 2.24) is 14.7 Å². The molecule has 0 saturated carbocycles. The lowest BCUT2D eigenvalue weighted by Crippen LogP contribution is -2.25. The van der Waals surface area contributed by atoms with Crippen LogP contribution >= 0.6 is 0 Å². The Morgan fingerprint density at radius 2 is 1.71 bits per heavy atom. The van der Waals surface area contributed by atoms with Crippen LogP contribution in [0.2, 0.25) is 0 Å². The zero-order valence-corrected chi connectivity index (χ0v) is 13.3. The highest BCUT2D eigenvalue weighted by Gasteiger charge is 2.12. The van der Waals surface area contributed by atoms with Gasteiger partial charge in [0.2, 0.25) is 0 Å². The monoisotopic (exact) mass is 286 g/mol. The van der Waals surface area contributed by atoms with Crippen molar-refractivity contribution in [3.63, 3.8) is 0 Å². The number of nitrogens with two attached hydrogens (primary N) is 1. The molecule has 0 radical (unpaired) electrons. The van der Waals surface area contributed by atoms with Gasteiger partial charge in [-0.1, -0.05) is 31.5 Å². The third-order valence-electron chi connectivity index (χ3n) is 3.64. The highest BCUT2D eigenvalue weighted by atomic mass is 15.3. The molecule has 0 saturated heterocycles. The molecule has 0 spiro atoms. The molecule has 4 nitrogen and oxygen atoms in total. The van der Waals surface area contributed by atoms with Gasteiger partial charge in [-0.25, -0.2) is 4.68 Å². The van der Waals surface area contributed by atoms with Crippen LogP contribution in [0.3, 0.4) is 0 Å². The van der Waals surface area contributed by atoms with Crippen molar-refractivity contribution in [1.29, 1.82) is 0 Å². The summed E-state index contributed by atoms with van der Waals surface area (Å²) in [7, 11) is 0. The average Bonchev–Trinajstić information content (AvgIpc) is 2.82. The van der Waals surface area contributed by atoms with Crippen LogP contribution in [0.15, 0.2) is 30.5 Å². The minimum atomic E-state index is 0.746. The third-order valence-corrected chi connectivity index (χ3v) is 3.64. The maximum Gasteiger partial charge on any atom is 0.131 e. The van der Waals surface area contributed by atoms with Gasteiger partial charge in [0.15, 0.2) is 0 Å². The third kappa shape index (κ3) is 3.85. The molecule has 114 valence electrons. The first-order valence-electron chi connectivity index (χ1n) is 7.77. The van der Waals surface area contributed by atoms with Gasteiger partial charge in [0.05, 0.1) is 11.9 Å². The van der Waals surface area contributed by atoms with Gasteiger partial charge in [0.25, 0.3) is 0 Å². The van der Waals surface area contributed by atoms with Gasteiger partial charge in [-0.3, -0.25) is 4.90 Å². The van der Waals surface area contributed by atoms with Crippen molar-refractivity contribution in [2.45, 2.75) is 40.2 Å². The van der Waals surface area contributed by atoms with E-state index in [1.165, 1.54) is 5.56 Å². The van der Waals surface area contributed by atoms with E-state index in [1.54, 1.807) is 0 Å². The van der Waals surface area contributed by atoms with Crippen molar-refractivity contribution in [2.24, 2.45) is 0 Å². The second-order valence-electron chi connectivity index (χ2n) is 5.58. The molecule has 0 unspecified atom stereocenters. The van der Waals surface area contributed by atoms with E-state index in [0.717, 1.165) is 49.5 Å². The standard InChI is InChI=1S/C17H26N4/c1-4-10-20(11-5-2)13-15-12-19-21(17(15)18)16-8-6-14(3)7-9-16/h6-9,12H,4-5,10-11,13,18H2,1-3H3. The van der Waals surface area contributed by atoms with Crippen LogP contribution in [0.25, 0.3) is 5.69 Å². The SMILES string of the molecule is CCCN(CCC)Cc1cnn(-c2ccc(C)cc2)c1N. The van der Waals surface area contributed by atoms with Gasteiger partial charge < -0.3 is 5.73 Å². The number of benzene rings is 1. The van der Waals surface area contributed by atoms with Gasteiger partial charge in [-0.05, 0) is 45.0 Å². The summed E-state index contributed by atoms with van der Waals surface area (Å²) in [5.74, 6) is 0.746. The van der Waals surface area contributed by atoms with E-state index in [9.17, 15) is 0 Å². The molecule has 1 heterocycles. The van der Waals surface area contributed by atoms with Crippen LogP contribution < -0.4 is 5.73 Å². The van der Waals surface area contributed by atoms with Gasteiger partial charge in [-0.2, -0.15) is 5.10 Å².